The smallest absolute Gasteiger partial charge is 0.315 e. The van der Waals surface area contributed by atoms with Gasteiger partial charge in [-0.3, -0.25) is 33.8 Å². The topological polar surface area (TPSA) is 240 Å². The van der Waals surface area contributed by atoms with Gasteiger partial charge in [-0.1, -0.05) is 12.8 Å². The van der Waals surface area contributed by atoms with E-state index >= 15 is 0 Å². The van der Waals surface area contributed by atoms with E-state index in [1.165, 1.54) is 12.4 Å². The normalized spacial score (nSPS) is 19.3. The molecule has 18 heteroatoms. The van der Waals surface area contributed by atoms with Crippen LogP contribution in [-0.2, 0) is 28.8 Å². The third kappa shape index (κ3) is 16.8. The Morgan fingerprint density at radius 3 is 1.81 bits per heavy atom. The number of nitrogens with one attached hydrogen (secondary N) is 7. The second kappa shape index (κ2) is 25.8. The Morgan fingerprint density at radius 1 is 0.707 bits per heavy atom. The standard InChI is InChI=1S/C40H63N9O8S/c50-31(12-4-3-11-30-36-29(27-58-30)46-40(57)48-36)43-20-9-15-33(52)45-22-10-16-34(53)44-21-8-14-32(51)42-19-5-1-2-13-35(54)47-37(39(56)49-25-6-7-26-49)38(55)28-17-23-41-24-18-28/h17-18,23-24,29-30,36-38,55H,1-16,19-22,25-27H2,(H,42,51)(H,43,50)(H,44,53)(H,45,52)(H,47,54)(H2,46,48,57)/t29?,30-,36?,37-,38+/m0/s1. The van der Waals surface area contributed by atoms with Crippen LogP contribution in [0.15, 0.2) is 24.5 Å². The molecule has 4 heterocycles. The number of aromatic nitrogens is 1. The van der Waals surface area contributed by atoms with E-state index < -0.39 is 12.1 Å². The highest BCUT2D eigenvalue weighted by Gasteiger charge is 2.42. The molecule has 0 aromatic carbocycles. The van der Waals surface area contributed by atoms with E-state index in [-0.39, 0.29) is 79.2 Å². The lowest BCUT2D eigenvalue weighted by molar-refractivity contribution is -0.139. The van der Waals surface area contributed by atoms with Crippen LogP contribution in [-0.4, -0.2) is 125 Å². The van der Waals surface area contributed by atoms with Gasteiger partial charge in [0.25, 0.3) is 0 Å². The number of pyridine rings is 1. The molecular formula is C40H63N9O8S. The van der Waals surface area contributed by atoms with E-state index in [1.807, 2.05) is 11.8 Å². The molecule has 3 aliphatic rings. The minimum Gasteiger partial charge on any atom is -0.386 e. The number of fused-ring (bicyclic) bond motifs is 1. The Hall–Kier alpha value is -4.45. The Balaban J connectivity index is 0.914. The second-order valence-corrected chi connectivity index (χ2v) is 16.5. The number of rotatable bonds is 27. The Kier molecular flexibility index (Phi) is 20.6. The number of likely N-dealkylation sites (tertiary alicyclic amines) is 1. The molecule has 322 valence electrons. The first-order valence-corrected chi connectivity index (χ1v) is 22.1. The monoisotopic (exact) mass is 829 g/mol. The number of hydrogen-bond donors (Lipinski definition) is 8. The van der Waals surface area contributed by atoms with Crippen LogP contribution in [0.1, 0.15) is 114 Å². The Bertz CT molecular complexity index is 1500. The number of aliphatic hydroxyl groups is 1. The van der Waals surface area contributed by atoms with Gasteiger partial charge in [-0.2, -0.15) is 11.8 Å². The molecule has 0 radical (unpaired) electrons. The number of carbonyl (C=O) groups excluding carboxylic acids is 7. The van der Waals surface area contributed by atoms with E-state index in [4.69, 9.17) is 0 Å². The van der Waals surface area contributed by atoms with Crippen LogP contribution in [0.2, 0.25) is 0 Å². The van der Waals surface area contributed by atoms with Crippen molar-refractivity contribution in [3.05, 3.63) is 30.1 Å². The van der Waals surface area contributed by atoms with Crippen molar-refractivity contribution in [1.29, 1.82) is 0 Å². The summed E-state index contributed by atoms with van der Waals surface area (Å²) in [5.74, 6) is -0.0859. The summed E-state index contributed by atoms with van der Waals surface area (Å²) in [4.78, 5) is 91.6. The zero-order valence-corrected chi connectivity index (χ0v) is 34.4. The SMILES string of the molecule is O=C(CCCC[C@@H]1SCC2NC(=O)NC21)NCCCC(=O)NCCCC(=O)NCCCC(=O)NCCCCCC(=O)N[C@H](C(=O)N1CCCC1)[C@H](O)c1ccncc1. The van der Waals surface area contributed by atoms with Gasteiger partial charge in [0.05, 0.1) is 12.1 Å². The van der Waals surface area contributed by atoms with E-state index in [0.29, 0.717) is 95.0 Å². The zero-order valence-electron chi connectivity index (χ0n) is 33.6. The first-order valence-electron chi connectivity index (χ1n) is 21.0. The number of urea groups is 1. The highest BCUT2D eigenvalue weighted by molar-refractivity contribution is 8.00. The van der Waals surface area contributed by atoms with E-state index in [0.717, 1.165) is 37.9 Å². The van der Waals surface area contributed by atoms with Crippen molar-refractivity contribution >= 4 is 53.2 Å². The number of thioether (sulfide) groups is 1. The number of aliphatic hydroxyl groups excluding tert-OH is 1. The molecule has 8 N–H and O–H groups in total. The number of amides is 8. The predicted molar refractivity (Wildman–Crippen MR) is 219 cm³/mol. The lowest BCUT2D eigenvalue weighted by Gasteiger charge is -2.28. The molecule has 1 aromatic heterocycles. The van der Waals surface area contributed by atoms with Crippen LogP contribution in [0.25, 0.3) is 0 Å². The van der Waals surface area contributed by atoms with Crippen molar-refractivity contribution in [2.45, 2.75) is 132 Å². The molecule has 0 aliphatic carbocycles. The molecule has 0 bridgehead atoms. The first-order chi connectivity index (χ1) is 28.1. The molecule has 0 saturated carbocycles. The molecule has 5 atom stereocenters. The van der Waals surface area contributed by atoms with Crippen LogP contribution in [0, 0.1) is 0 Å². The summed E-state index contributed by atoms with van der Waals surface area (Å²) in [7, 11) is 0. The van der Waals surface area contributed by atoms with Gasteiger partial charge < -0.3 is 47.2 Å². The molecule has 17 nitrogen and oxygen atoms in total. The van der Waals surface area contributed by atoms with E-state index in [9.17, 15) is 38.7 Å². The number of hydrogen-bond acceptors (Lipinski definition) is 10. The van der Waals surface area contributed by atoms with Crippen molar-refractivity contribution in [3.8, 4) is 0 Å². The summed E-state index contributed by atoms with van der Waals surface area (Å²) in [6.45, 7) is 2.86. The molecule has 1 aromatic rings. The maximum Gasteiger partial charge on any atom is 0.315 e. The van der Waals surface area contributed by atoms with Crippen LogP contribution >= 0.6 is 11.8 Å². The van der Waals surface area contributed by atoms with Gasteiger partial charge in [-0.05, 0) is 75.5 Å². The summed E-state index contributed by atoms with van der Waals surface area (Å²) >= 11 is 1.87. The van der Waals surface area contributed by atoms with Crippen molar-refractivity contribution in [2.75, 3.05) is 45.0 Å². The maximum absolute atomic E-state index is 13.1. The highest BCUT2D eigenvalue weighted by Crippen LogP contribution is 2.33. The Labute approximate surface area is 345 Å². The molecule has 3 aliphatic heterocycles. The molecular weight excluding hydrogens is 767 g/mol. The van der Waals surface area contributed by atoms with Crippen LogP contribution in [0.5, 0.6) is 0 Å². The molecule has 3 saturated heterocycles. The molecule has 0 spiro atoms. The zero-order chi connectivity index (χ0) is 41.5. The minimum atomic E-state index is -1.19. The Morgan fingerprint density at radius 2 is 1.22 bits per heavy atom. The second-order valence-electron chi connectivity index (χ2n) is 15.2. The average Bonchev–Trinajstić information content (AvgIpc) is 3.98. The molecule has 4 rings (SSSR count). The summed E-state index contributed by atoms with van der Waals surface area (Å²) in [5, 5.41) is 31.3. The lowest BCUT2D eigenvalue weighted by Crippen LogP contribution is -2.51. The van der Waals surface area contributed by atoms with Crippen molar-refractivity contribution in [3.63, 3.8) is 0 Å². The quantitative estimate of drug-likeness (QED) is 0.0468. The fourth-order valence-corrected chi connectivity index (χ4v) is 8.83. The van der Waals surface area contributed by atoms with Gasteiger partial charge in [-0.25, -0.2) is 4.79 Å². The summed E-state index contributed by atoms with van der Waals surface area (Å²) in [5.41, 5.74) is 0.508. The van der Waals surface area contributed by atoms with Gasteiger partial charge in [0.1, 0.15) is 12.1 Å². The summed E-state index contributed by atoms with van der Waals surface area (Å²) in [6.07, 6.45) is 11.3. The highest BCUT2D eigenvalue weighted by atomic mass is 32.2. The minimum absolute atomic E-state index is 0.0230. The fraction of sp³-hybridized carbons (Fsp3) is 0.700. The van der Waals surface area contributed by atoms with Crippen molar-refractivity contribution in [2.24, 2.45) is 0 Å². The van der Waals surface area contributed by atoms with Crippen LogP contribution < -0.4 is 37.2 Å². The van der Waals surface area contributed by atoms with Crippen LogP contribution in [0.4, 0.5) is 4.79 Å². The van der Waals surface area contributed by atoms with Gasteiger partial charge in [0.2, 0.25) is 35.4 Å². The molecule has 8 amide bonds. The first kappa shape index (κ1) is 46.2. The van der Waals surface area contributed by atoms with Gasteiger partial charge in [0, 0.05) is 94.8 Å². The summed E-state index contributed by atoms with van der Waals surface area (Å²) in [6, 6.07) is 2.48. The number of unbranched alkanes of at least 4 members (excludes halogenated alkanes) is 3. The van der Waals surface area contributed by atoms with Crippen LogP contribution in [0.3, 0.4) is 0 Å². The third-order valence-electron chi connectivity index (χ3n) is 10.6. The largest absolute Gasteiger partial charge is 0.386 e. The lowest BCUT2D eigenvalue weighted by atomic mass is 10.0. The van der Waals surface area contributed by atoms with Crippen molar-refractivity contribution in [1.82, 2.24) is 47.1 Å². The predicted octanol–water partition coefficient (Wildman–Crippen LogP) is 1.31. The van der Waals surface area contributed by atoms with Gasteiger partial charge in [-0.15, -0.1) is 0 Å². The molecule has 3 fully saturated rings. The average molecular weight is 830 g/mol. The third-order valence-corrected chi connectivity index (χ3v) is 12.1. The van der Waals surface area contributed by atoms with Gasteiger partial charge in [0.15, 0.2) is 0 Å². The van der Waals surface area contributed by atoms with Crippen molar-refractivity contribution < 1.29 is 38.7 Å². The van der Waals surface area contributed by atoms with E-state index in [2.05, 4.69) is 42.2 Å². The fourth-order valence-electron chi connectivity index (χ4n) is 7.28. The molecule has 2 unspecified atom stereocenters. The molecule has 58 heavy (non-hydrogen) atoms. The van der Waals surface area contributed by atoms with E-state index in [1.54, 1.807) is 17.0 Å². The number of carbonyl (C=O) groups is 7. The summed E-state index contributed by atoms with van der Waals surface area (Å²) < 4.78 is 0. The van der Waals surface area contributed by atoms with Gasteiger partial charge >= 0.3 is 6.03 Å². The number of nitrogens with zero attached hydrogens (tertiary/aromatic N) is 2. The maximum atomic E-state index is 13.1.